The number of methoxy groups -OCH3 is 1. The van der Waals surface area contributed by atoms with E-state index < -0.39 is 6.04 Å². The zero-order valence-electron chi connectivity index (χ0n) is 16.5. The van der Waals surface area contributed by atoms with Gasteiger partial charge in [0, 0.05) is 22.0 Å². The van der Waals surface area contributed by atoms with Crippen molar-refractivity contribution in [2.75, 3.05) is 12.4 Å². The number of carbonyl (C=O) groups is 1. The van der Waals surface area contributed by atoms with E-state index in [2.05, 4.69) is 16.0 Å². The molecule has 3 aromatic carbocycles. The Morgan fingerprint density at radius 1 is 1.10 bits per heavy atom. The second-order valence-electron chi connectivity index (χ2n) is 6.93. The Labute approximate surface area is 185 Å². The summed E-state index contributed by atoms with van der Waals surface area (Å²) in [4.78, 5) is 13.3. The molecule has 0 radical (unpaired) electrons. The maximum atomic E-state index is 13.3. The Bertz CT molecular complexity index is 1170. The van der Waals surface area contributed by atoms with E-state index in [4.69, 9.17) is 28.6 Å². The highest BCUT2D eigenvalue weighted by Gasteiger charge is 2.33. The number of benzene rings is 3. The topological polar surface area (TPSA) is 62.4 Å². The van der Waals surface area contributed by atoms with Crippen LogP contribution in [0.1, 0.15) is 18.5 Å². The summed E-state index contributed by atoms with van der Waals surface area (Å²) in [6.07, 6.45) is 0. The van der Waals surface area contributed by atoms with Gasteiger partial charge in [-0.15, -0.1) is 0 Å². The number of halogens is 1. The predicted octanol–water partition coefficient (Wildman–Crippen LogP) is 4.93. The van der Waals surface area contributed by atoms with Crippen molar-refractivity contribution in [3.05, 3.63) is 82.5 Å². The lowest BCUT2D eigenvalue weighted by Crippen LogP contribution is -2.46. The lowest BCUT2D eigenvalue weighted by atomic mass is 9.90. The van der Waals surface area contributed by atoms with Crippen molar-refractivity contribution in [3.8, 4) is 5.75 Å². The molecule has 1 amide bonds. The molecule has 0 aromatic heterocycles. The first-order valence-corrected chi connectivity index (χ1v) is 10.2. The standard InChI is InChI=1S/C23H20ClN3O2S/c1-13-19(22(28)26-16-10-8-15(24)9-11-16)21(27-23(30)25-13)20-17-6-4-3-5-14(17)7-12-18(20)29-2/h3-12,21H,1-2H3,(H,26,28)(H2,25,27,30). The van der Waals surface area contributed by atoms with Gasteiger partial charge in [0.15, 0.2) is 5.11 Å². The SMILES string of the molecule is COc1ccc2ccccc2c1C1NC(=S)NC(C)=C1C(=O)Nc1ccc(Cl)cc1. The van der Waals surface area contributed by atoms with Gasteiger partial charge >= 0.3 is 0 Å². The fourth-order valence-corrected chi connectivity index (χ4v) is 4.09. The second-order valence-corrected chi connectivity index (χ2v) is 7.78. The van der Waals surface area contributed by atoms with E-state index in [-0.39, 0.29) is 5.91 Å². The van der Waals surface area contributed by atoms with Gasteiger partial charge < -0.3 is 20.7 Å². The summed E-state index contributed by atoms with van der Waals surface area (Å²) in [6.45, 7) is 1.84. The van der Waals surface area contributed by atoms with Crippen LogP contribution in [0, 0.1) is 0 Å². The number of nitrogens with one attached hydrogen (secondary N) is 3. The van der Waals surface area contributed by atoms with Crippen molar-refractivity contribution in [2.45, 2.75) is 13.0 Å². The molecule has 4 rings (SSSR count). The molecule has 5 nitrogen and oxygen atoms in total. The zero-order chi connectivity index (χ0) is 21.3. The summed E-state index contributed by atoms with van der Waals surface area (Å²) in [6, 6.07) is 18.4. The molecule has 1 heterocycles. The van der Waals surface area contributed by atoms with Gasteiger partial charge in [-0.1, -0.05) is 41.9 Å². The number of amides is 1. The fraction of sp³-hybridized carbons (Fsp3) is 0.130. The predicted molar refractivity (Wildman–Crippen MR) is 125 cm³/mol. The van der Waals surface area contributed by atoms with Gasteiger partial charge in [0.05, 0.1) is 18.7 Å². The molecule has 0 saturated carbocycles. The summed E-state index contributed by atoms with van der Waals surface area (Å²) < 4.78 is 5.66. The van der Waals surface area contributed by atoms with Crippen LogP contribution in [-0.4, -0.2) is 18.1 Å². The molecular formula is C23H20ClN3O2S. The van der Waals surface area contributed by atoms with Crippen molar-refractivity contribution >= 4 is 51.3 Å². The molecule has 1 aliphatic rings. The Morgan fingerprint density at radius 3 is 2.57 bits per heavy atom. The molecule has 1 atom stereocenters. The van der Waals surface area contributed by atoms with E-state index >= 15 is 0 Å². The summed E-state index contributed by atoms with van der Waals surface area (Å²) >= 11 is 11.4. The van der Waals surface area contributed by atoms with Gasteiger partial charge in [-0.2, -0.15) is 0 Å². The number of allylic oxidation sites excluding steroid dienone is 1. The average molecular weight is 438 g/mol. The van der Waals surface area contributed by atoms with Gasteiger partial charge in [-0.25, -0.2) is 0 Å². The smallest absolute Gasteiger partial charge is 0.255 e. The Morgan fingerprint density at radius 2 is 1.83 bits per heavy atom. The lowest BCUT2D eigenvalue weighted by Gasteiger charge is -2.32. The number of carbonyl (C=O) groups excluding carboxylic acids is 1. The molecule has 0 aliphatic carbocycles. The van der Waals surface area contributed by atoms with Crippen LogP contribution in [0.2, 0.25) is 5.02 Å². The summed E-state index contributed by atoms with van der Waals surface area (Å²) in [5.41, 5.74) is 2.74. The highest BCUT2D eigenvalue weighted by atomic mass is 35.5. The van der Waals surface area contributed by atoms with Crippen LogP contribution in [0.4, 0.5) is 5.69 Å². The van der Waals surface area contributed by atoms with Crippen molar-refractivity contribution in [1.29, 1.82) is 0 Å². The van der Waals surface area contributed by atoms with E-state index in [9.17, 15) is 4.79 Å². The molecule has 30 heavy (non-hydrogen) atoms. The third kappa shape index (κ3) is 3.84. The molecule has 1 aliphatic heterocycles. The van der Waals surface area contributed by atoms with Crippen molar-refractivity contribution in [2.24, 2.45) is 0 Å². The van der Waals surface area contributed by atoms with Gasteiger partial charge in [0.25, 0.3) is 5.91 Å². The van der Waals surface area contributed by atoms with Crippen LogP contribution in [0.25, 0.3) is 10.8 Å². The molecule has 0 fully saturated rings. The number of rotatable bonds is 4. The van der Waals surface area contributed by atoms with Gasteiger partial charge in [-0.3, -0.25) is 4.79 Å². The number of fused-ring (bicyclic) bond motifs is 1. The first kappa shape index (κ1) is 20.2. The van der Waals surface area contributed by atoms with E-state index in [0.717, 1.165) is 16.3 Å². The lowest BCUT2D eigenvalue weighted by molar-refractivity contribution is -0.113. The summed E-state index contributed by atoms with van der Waals surface area (Å²) in [7, 11) is 1.62. The number of anilines is 1. The van der Waals surface area contributed by atoms with Crippen LogP contribution in [-0.2, 0) is 4.79 Å². The minimum Gasteiger partial charge on any atom is -0.496 e. The number of thiocarbonyl (C=S) groups is 1. The normalized spacial score (nSPS) is 16.1. The fourth-order valence-electron chi connectivity index (χ4n) is 3.69. The van der Waals surface area contributed by atoms with Crippen LogP contribution in [0.5, 0.6) is 5.75 Å². The summed E-state index contributed by atoms with van der Waals surface area (Å²) in [5.74, 6) is 0.442. The second kappa shape index (κ2) is 8.34. The largest absolute Gasteiger partial charge is 0.496 e. The highest BCUT2D eigenvalue weighted by Crippen LogP contribution is 2.38. The number of ether oxygens (including phenoxy) is 1. The van der Waals surface area contributed by atoms with Crippen molar-refractivity contribution in [3.63, 3.8) is 0 Å². The van der Waals surface area contributed by atoms with Gasteiger partial charge in [-0.05, 0) is 60.2 Å². The monoisotopic (exact) mass is 437 g/mol. The maximum absolute atomic E-state index is 13.3. The minimum absolute atomic E-state index is 0.239. The molecular weight excluding hydrogens is 418 g/mol. The molecule has 0 bridgehead atoms. The highest BCUT2D eigenvalue weighted by molar-refractivity contribution is 7.80. The molecule has 7 heteroatoms. The molecule has 3 aromatic rings. The van der Waals surface area contributed by atoms with Crippen molar-refractivity contribution in [1.82, 2.24) is 10.6 Å². The molecule has 3 N–H and O–H groups in total. The zero-order valence-corrected chi connectivity index (χ0v) is 18.0. The Hall–Kier alpha value is -3.09. The van der Waals surface area contributed by atoms with E-state index in [1.54, 1.807) is 31.4 Å². The minimum atomic E-state index is -0.480. The molecule has 0 saturated heterocycles. The van der Waals surface area contributed by atoms with E-state index in [1.165, 1.54) is 0 Å². The van der Waals surface area contributed by atoms with Gasteiger partial charge in [0.2, 0.25) is 0 Å². The van der Waals surface area contributed by atoms with Crippen molar-refractivity contribution < 1.29 is 9.53 Å². The first-order chi connectivity index (χ1) is 14.5. The van der Waals surface area contributed by atoms with Crippen LogP contribution in [0.15, 0.2) is 71.9 Å². The quantitative estimate of drug-likeness (QED) is 0.505. The van der Waals surface area contributed by atoms with E-state index in [1.807, 2.05) is 43.3 Å². The molecule has 0 spiro atoms. The first-order valence-electron chi connectivity index (χ1n) is 9.39. The Balaban J connectivity index is 1.82. The van der Waals surface area contributed by atoms with E-state index in [0.29, 0.717) is 32.8 Å². The third-order valence-electron chi connectivity index (χ3n) is 5.06. The Kier molecular flexibility index (Phi) is 5.61. The molecule has 152 valence electrons. The number of hydrogen-bond acceptors (Lipinski definition) is 3. The van der Waals surface area contributed by atoms with Crippen LogP contribution >= 0.6 is 23.8 Å². The maximum Gasteiger partial charge on any atom is 0.255 e. The van der Waals surface area contributed by atoms with Gasteiger partial charge in [0.1, 0.15) is 5.75 Å². The summed E-state index contributed by atoms with van der Waals surface area (Å²) in [5, 5.41) is 12.4. The average Bonchev–Trinajstić information content (AvgIpc) is 2.73. The third-order valence-corrected chi connectivity index (χ3v) is 5.53. The molecule has 1 unspecified atom stereocenters. The number of hydrogen-bond donors (Lipinski definition) is 3. The van der Waals surface area contributed by atoms with Crippen LogP contribution in [0.3, 0.4) is 0 Å². The van der Waals surface area contributed by atoms with Crippen LogP contribution < -0.4 is 20.7 Å².